The fourth-order valence-corrected chi connectivity index (χ4v) is 3.78. The van der Waals surface area contributed by atoms with Gasteiger partial charge in [-0.1, -0.05) is 29.8 Å². The normalized spacial score (nSPS) is 10.5. The number of nitrogens with one attached hydrogen (secondary N) is 1. The maximum absolute atomic E-state index is 12.3. The minimum Gasteiger partial charge on any atom is -0.426 e. The molecule has 0 saturated heterocycles. The molecule has 31 heavy (non-hydrogen) atoms. The van der Waals surface area contributed by atoms with Crippen LogP contribution in [0.15, 0.2) is 78.3 Å². The van der Waals surface area contributed by atoms with Crippen molar-refractivity contribution in [1.29, 1.82) is 0 Å². The minimum atomic E-state index is -0.425. The van der Waals surface area contributed by atoms with Crippen molar-refractivity contribution in [3.8, 4) is 16.5 Å². The van der Waals surface area contributed by atoms with Crippen LogP contribution in [0.3, 0.4) is 0 Å². The number of ether oxygens (including phenoxy) is 1. The molecule has 0 aliphatic heterocycles. The molecule has 1 N–H and O–H groups in total. The quantitative estimate of drug-likeness (QED) is 0.321. The molecule has 2 aromatic carbocycles. The lowest BCUT2D eigenvalue weighted by Crippen LogP contribution is -2.13. The van der Waals surface area contributed by atoms with E-state index in [2.05, 4.69) is 15.3 Å². The topological polar surface area (TPSA) is 81.2 Å². The zero-order chi connectivity index (χ0) is 21.6. The molecule has 4 aromatic rings. The number of aromatic nitrogens is 2. The molecule has 0 aliphatic rings. The first-order chi connectivity index (χ1) is 15.1. The van der Waals surface area contributed by atoms with Gasteiger partial charge in [-0.05, 0) is 48.5 Å². The van der Waals surface area contributed by atoms with E-state index in [-0.39, 0.29) is 12.3 Å². The van der Waals surface area contributed by atoms with E-state index in [1.165, 1.54) is 11.3 Å². The Morgan fingerprint density at radius 1 is 1.00 bits per heavy atom. The molecule has 0 saturated carbocycles. The van der Waals surface area contributed by atoms with Crippen LogP contribution in [0.5, 0.6) is 5.75 Å². The highest BCUT2D eigenvalue weighted by molar-refractivity contribution is 7.13. The standard InChI is InChI=1S/C23H16ClN3O3S/c24-19-6-2-1-5-18(19)22(29)26-15-8-10-17(11-9-15)30-21(28)13-16-14-31-23(27-16)20-7-3-4-12-25-20/h1-12,14H,13H2,(H,26,29). The molecule has 0 aliphatic carbocycles. The van der Waals surface area contributed by atoms with Crippen LogP contribution >= 0.6 is 22.9 Å². The summed E-state index contributed by atoms with van der Waals surface area (Å²) in [6.45, 7) is 0. The van der Waals surface area contributed by atoms with Crippen LogP contribution in [-0.4, -0.2) is 21.8 Å². The summed E-state index contributed by atoms with van der Waals surface area (Å²) in [7, 11) is 0. The number of hydrogen-bond donors (Lipinski definition) is 1. The van der Waals surface area contributed by atoms with Crippen molar-refractivity contribution in [2.75, 3.05) is 5.32 Å². The second-order valence-electron chi connectivity index (χ2n) is 6.47. The van der Waals surface area contributed by atoms with E-state index in [4.69, 9.17) is 16.3 Å². The van der Waals surface area contributed by atoms with Gasteiger partial charge in [-0.2, -0.15) is 0 Å². The molecular weight excluding hydrogens is 434 g/mol. The van der Waals surface area contributed by atoms with E-state index in [1.54, 1.807) is 54.7 Å². The molecule has 0 radical (unpaired) electrons. The first kappa shape index (κ1) is 20.7. The van der Waals surface area contributed by atoms with Gasteiger partial charge in [-0.25, -0.2) is 4.98 Å². The van der Waals surface area contributed by atoms with Crippen LogP contribution in [-0.2, 0) is 11.2 Å². The molecular formula is C23H16ClN3O3S. The number of rotatable bonds is 6. The van der Waals surface area contributed by atoms with Crippen LogP contribution < -0.4 is 10.1 Å². The molecule has 0 atom stereocenters. The Morgan fingerprint density at radius 3 is 2.52 bits per heavy atom. The number of amides is 1. The lowest BCUT2D eigenvalue weighted by atomic mass is 10.2. The number of esters is 1. The summed E-state index contributed by atoms with van der Waals surface area (Å²) in [5.74, 6) is -0.366. The fraction of sp³-hybridized carbons (Fsp3) is 0.0435. The predicted octanol–water partition coefficient (Wildman–Crippen LogP) is 5.26. The van der Waals surface area contributed by atoms with Gasteiger partial charge in [0, 0.05) is 17.3 Å². The predicted molar refractivity (Wildman–Crippen MR) is 121 cm³/mol. The summed E-state index contributed by atoms with van der Waals surface area (Å²) in [4.78, 5) is 33.3. The first-order valence-corrected chi connectivity index (χ1v) is 10.6. The van der Waals surface area contributed by atoms with Crippen molar-refractivity contribution in [1.82, 2.24) is 9.97 Å². The number of anilines is 1. The zero-order valence-corrected chi connectivity index (χ0v) is 17.7. The molecule has 1 amide bonds. The van der Waals surface area contributed by atoms with Gasteiger partial charge >= 0.3 is 5.97 Å². The molecule has 0 fully saturated rings. The molecule has 0 bridgehead atoms. The van der Waals surface area contributed by atoms with Crippen molar-refractivity contribution in [2.24, 2.45) is 0 Å². The number of carbonyl (C=O) groups is 2. The summed E-state index contributed by atoms with van der Waals surface area (Å²) in [6, 6.07) is 18.9. The van der Waals surface area contributed by atoms with E-state index >= 15 is 0 Å². The number of benzene rings is 2. The second kappa shape index (κ2) is 9.51. The molecule has 4 rings (SSSR count). The van der Waals surface area contributed by atoms with Gasteiger partial charge in [-0.3, -0.25) is 14.6 Å². The SMILES string of the molecule is O=C(Cc1csc(-c2ccccn2)n1)Oc1ccc(NC(=O)c2ccccc2Cl)cc1. The third-order valence-electron chi connectivity index (χ3n) is 4.22. The van der Waals surface area contributed by atoms with Crippen molar-refractivity contribution < 1.29 is 14.3 Å². The van der Waals surface area contributed by atoms with Crippen LogP contribution in [0.2, 0.25) is 5.02 Å². The Hall–Kier alpha value is -3.55. The highest BCUT2D eigenvalue weighted by Crippen LogP contribution is 2.23. The smallest absolute Gasteiger partial charge is 0.317 e. The molecule has 0 unspecified atom stereocenters. The van der Waals surface area contributed by atoms with Crippen LogP contribution in [0, 0.1) is 0 Å². The van der Waals surface area contributed by atoms with E-state index < -0.39 is 5.97 Å². The third kappa shape index (κ3) is 5.33. The molecule has 154 valence electrons. The number of hydrogen-bond acceptors (Lipinski definition) is 6. The second-order valence-corrected chi connectivity index (χ2v) is 7.73. The van der Waals surface area contributed by atoms with Gasteiger partial charge in [0.2, 0.25) is 0 Å². The highest BCUT2D eigenvalue weighted by atomic mass is 35.5. The van der Waals surface area contributed by atoms with Crippen molar-refractivity contribution >= 4 is 40.5 Å². The summed E-state index contributed by atoms with van der Waals surface area (Å²) in [6.07, 6.45) is 1.75. The monoisotopic (exact) mass is 449 g/mol. The molecule has 6 nitrogen and oxygen atoms in total. The lowest BCUT2D eigenvalue weighted by molar-refractivity contribution is -0.133. The number of pyridine rings is 1. The van der Waals surface area contributed by atoms with Crippen LogP contribution in [0.4, 0.5) is 5.69 Å². The number of thiazole rings is 1. The van der Waals surface area contributed by atoms with Crippen LogP contribution in [0.25, 0.3) is 10.7 Å². The van der Waals surface area contributed by atoms with Gasteiger partial charge in [0.15, 0.2) is 0 Å². The number of carbonyl (C=O) groups excluding carboxylic acids is 2. The van der Waals surface area contributed by atoms with Gasteiger partial charge in [0.1, 0.15) is 10.8 Å². The van der Waals surface area contributed by atoms with Gasteiger partial charge < -0.3 is 10.1 Å². The number of halogens is 1. The van der Waals surface area contributed by atoms with Gasteiger partial charge in [-0.15, -0.1) is 11.3 Å². The maximum atomic E-state index is 12.3. The maximum Gasteiger partial charge on any atom is 0.317 e. The summed E-state index contributed by atoms with van der Waals surface area (Å²) < 4.78 is 5.37. The Bertz CT molecular complexity index is 1210. The molecule has 0 spiro atoms. The number of nitrogens with zero attached hydrogens (tertiary/aromatic N) is 2. The van der Waals surface area contributed by atoms with E-state index in [0.717, 1.165) is 10.7 Å². The van der Waals surface area contributed by atoms with E-state index in [0.29, 0.717) is 27.7 Å². The fourth-order valence-electron chi connectivity index (χ4n) is 2.76. The third-order valence-corrected chi connectivity index (χ3v) is 5.47. The van der Waals surface area contributed by atoms with Crippen molar-refractivity contribution in [3.63, 3.8) is 0 Å². The summed E-state index contributed by atoms with van der Waals surface area (Å²) in [5, 5.41) is 5.70. The Labute approximate surface area is 187 Å². The van der Waals surface area contributed by atoms with Crippen molar-refractivity contribution in [2.45, 2.75) is 6.42 Å². The summed E-state index contributed by atoms with van der Waals surface area (Å²) >= 11 is 7.47. The molecule has 2 aromatic heterocycles. The van der Waals surface area contributed by atoms with Crippen LogP contribution in [0.1, 0.15) is 16.1 Å². The Balaban J connectivity index is 1.34. The molecule has 8 heteroatoms. The highest BCUT2D eigenvalue weighted by Gasteiger charge is 2.13. The Kier molecular flexibility index (Phi) is 6.35. The minimum absolute atomic E-state index is 0.0499. The average molecular weight is 450 g/mol. The largest absolute Gasteiger partial charge is 0.426 e. The molecule has 2 heterocycles. The summed E-state index contributed by atoms with van der Waals surface area (Å²) in [5.41, 5.74) is 2.33. The van der Waals surface area contributed by atoms with Gasteiger partial charge in [0.05, 0.1) is 28.4 Å². The van der Waals surface area contributed by atoms with Crippen molar-refractivity contribution in [3.05, 3.63) is 94.6 Å². The first-order valence-electron chi connectivity index (χ1n) is 9.31. The Morgan fingerprint density at radius 2 is 1.77 bits per heavy atom. The zero-order valence-electron chi connectivity index (χ0n) is 16.1. The lowest BCUT2D eigenvalue weighted by Gasteiger charge is -2.08. The van der Waals surface area contributed by atoms with E-state index in [1.807, 2.05) is 23.6 Å². The van der Waals surface area contributed by atoms with Gasteiger partial charge in [0.25, 0.3) is 5.91 Å². The van der Waals surface area contributed by atoms with E-state index in [9.17, 15) is 9.59 Å². The average Bonchev–Trinajstić information content (AvgIpc) is 3.24.